The van der Waals surface area contributed by atoms with E-state index in [4.69, 9.17) is 0 Å². The van der Waals surface area contributed by atoms with Gasteiger partial charge in [-0.1, -0.05) is 20.3 Å². The fraction of sp³-hybridized carbons (Fsp3) is 0.923. The van der Waals surface area contributed by atoms with Gasteiger partial charge in [-0.2, -0.15) is 0 Å². The average Bonchev–Trinajstić information content (AvgIpc) is 2.68. The molecule has 1 saturated carbocycles. The van der Waals surface area contributed by atoms with Crippen LogP contribution in [0, 0.1) is 5.41 Å². The summed E-state index contributed by atoms with van der Waals surface area (Å²) in [5.74, 6) is 0.222. The van der Waals surface area contributed by atoms with Gasteiger partial charge in [0.05, 0.1) is 6.04 Å². The molecule has 0 radical (unpaired) electrons. The lowest BCUT2D eigenvalue weighted by Crippen LogP contribution is -2.47. The summed E-state index contributed by atoms with van der Waals surface area (Å²) < 4.78 is 0. The van der Waals surface area contributed by atoms with E-state index in [2.05, 4.69) is 24.5 Å². The first kappa shape index (κ1) is 11.9. The Kier molecular flexibility index (Phi) is 3.53. The fourth-order valence-electron chi connectivity index (χ4n) is 3.03. The number of carbonyl (C=O) groups is 1. The molecule has 3 nitrogen and oxygen atoms in total. The summed E-state index contributed by atoms with van der Waals surface area (Å²) in [5, 5.41) is 6.47. The quantitative estimate of drug-likeness (QED) is 0.751. The Hall–Kier alpha value is -0.570. The molecule has 0 spiro atoms. The van der Waals surface area contributed by atoms with Crippen LogP contribution < -0.4 is 10.6 Å². The topological polar surface area (TPSA) is 41.1 Å². The molecule has 0 aromatic heterocycles. The molecule has 0 aromatic carbocycles. The van der Waals surface area contributed by atoms with Gasteiger partial charge in [-0.25, -0.2) is 0 Å². The van der Waals surface area contributed by atoms with Crippen LogP contribution in [-0.4, -0.2) is 24.5 Å². The number of rotatable bonds is 2. The highest BCUT2D eigenvalue weighted by Crippen LogP contribution is 2.35. The van der Waals surface area contributed by atoms with E-state index >= 15 is 0 Å². The normalized spacial score (nSPS) is 33.6. The molecular formula is C13H24N2O. The first-order valence-electron chi connectivity index (χ1n) is 6.61. The van der Waals surface area contributed by atoms with E-state index < -0.39 is 0 Å². The third kappa shape index (κ3) is 2.97. The van der Waals surface area contributed by atoms with Gasteiger partial charge in [0.2, 0.25) is 5.91 Å². The molecule has 2 atom stereocenters. The van der Waals surface area contributed by atoms with E-state index in [9.17, 15) is 4.79 Å². The molecular weight excluding hydrogens is 200 g/mol. The average molecular weight is 224 g/mol. The molecule has 1 aliphatic carbocycles. The van der Waals surface area contributed by atoms with Crippen molar-refractivity contribution in [1.82, 2.24) is 10.6 Å². The summed E-state index contributed by atoms with van der Waals surface area (Å²) >= 11 is 0. The van der Waals surface area contributed by atoms with E-state index in [0.29, 0.717) is 11.5 Å². The third-order valence-corrected chi connectivity index (χ3v) is 3.93. The first-order valence-corrected chi connectivity index (χ1v) is 6.61. The second-order valence-corrected chi connectivity index (χ2v) is 6.12. The van der Waals surface area contributed by atoms with Gasteiger partial charge >= 0.3 is 0 Å². The van der Waals surface area contributed by atoms with Gasteiger partial charge < -0.3 is 10.6 Å². The van der Waals surface area contributed by atoms with Crippen LogP contribution in [0.25, 0.3) is 0 Å². The lowest BCUT2D eigenvalue weighted by Gasteiger charge is -2.36. The van der Waals surface area contributed by atoms with Crippen molar-refractivity contribution < 1.29 is 4.79 Å². The summed E-state index contributed by atoms with van der Waals surface area (Å²) in [6, 6.07) is 0.476. The van der Waals surface area contributed by atoms with Crippen molar-refractivity contribution in [3.8, 4) is 0 Å². The molecule has 1 unspecified atom stereocenters. The van der Waals surface area contributed by atoms with Gasteiger partial charge in [0.25, 0.3) is 0 Å². The second-order valence-electron chi connectivity index (χ2n) is 6.12. The van der Waals surface area contributed by atoms with Crippen LogP contribution in [0.2, 0.25) is 0 Å². The number of amides is 1. The first-order chi connectivity index (χ1) is 7.57. The molecule has 1 aliphatic heterocycles. The Morgan fingerprint density at radius 3 is 2.75 bits per heavy atom. The van der Waals surface area contributed by atoms with Crippen molar-refractivity contribution in [2.24, 2.45) is 5.41 Å². The van der Waals surface area contributed by atoms with Crippen LogP contribution in [0.5, 0.6) is 0 Å². The van der Waals surface area contributed by atoms with Crippen molar-refractivity contribution >= 4 is 5.91 Å². The number of hydrogen-bond donors (Lipinski definition) is 2. The third-order valence-electron chi connectivity index (χ3n) is 3.93. The molecule has 1 saturated heterocycles. The van der Waals surface area contributed by atoms with Gasteiger partial charge in [-0.3, -0.25) is 4.79 Å². The van der Waals surface area contributed by atoms with Crippen molar-refractivity contribution in [1.29, 1.82) is 0 Å². The highest BCUT2D eigenvalue weighted by atomic mass is 16.2. The Balaban J connectivity index is 1.82. The van der Waals surface area contributed by atoms with Gasteiger partial charge in [-0.15, -0.1) is 0 Å². The molecule has 2 aliphatic rings. The lowest BCUT2D eigenvalue weighted by atomic mass is 9.75. The molecule has 1 amide bonds. The predicted octanol–water partition coefficient (Wildman–Crippen LogP) is 1.82. The van der Waals surface area contributed by atoms with Crippen molar-refractivity contribution in [2.45, 2.75) is 64.5 Å². The Labute approximate surface area is 98.4 Å². The van der Waals surface area contributed by atoms with Crippen LogP contribution in [0.15, 0.2) is 0 Å². The summed E-state index contributed by atoms with van der Waals surface area (Å²) in [6.45, 7) is 5.60. The minimum absolute atomic E-state index is 0.0741. The summed E-state index contributed by atoms with van der Waals surface area (Å²) in [7, 11) is 0. The molecule has 2 fully saturated rings. The summed E-state index contributed by atoms with van der Waals surface area (Å²) in [4.78, 5) is 12.0. The minimum atomic E-state index is 0.0741. The van der Waals surface area contributed by atoms with Crippen LogP contribution in [0.3, 0.4) is 0 Å². The van der Waals surface area contributed by atoms with Crippen LogP contribution in [-0.2, 0) is 4.79 Å². The Bertz CT molecular complexity index is 257. The number of hydrogen-bond acceptors (Lipinski definition) is 2. The molecule has 3 heteroatoms. The van der Waals surface area contributed by atoms with E-state index in [0.717, 1.165) is 32.2 Å². The lowest BCUT2D eigenvalue weighted by molar-refractivity contribution is -0.123. The molecule has 1 heterocycles. The van der Waals surface area contributed by atoms with Crippen molar-refractivity contribution in [3.63, 3.8) is 0 Å². The monoisotopic (exact) mass is 224 g/mol. The molecule has 0 aromatic rings. The van der Waals surface area contributed by atoms with E-state index in [1.54, 1.807) is 0 Å². The van der Waals surface area contributed by atoms with Gasteiger partial charge in [-0.05, 0) is 44.1 Å². The SMILES string of the molecule is CC1(C)CCCC(NC(=O)[C@H]2CCCN2)C1. The molecule has 0 bridgehead atoms. The van der Waals surface area contributed by atoms with Gasteiger partial charge in [0.1, 0.15) is 0 Å². The molecule has 2 rings (SSSR count). The number of carbonyl (C=O) groups excluding carboxylic acids is 1. The number of nitrogens with one attached hydrogen (secondary N) is 2. The molecule has 2 N–H and O–H groups in total. The maximum absolute atomic E-state index is 12.0. The smallest absolute Gasteiger partial charge is 0.237 e. The van der Waals surface area contributed by atoms with Crippen LogP contribution in [0.1, 0.15) is 52.4 Å². The van der Waals surface area contributed by atoms with Crippen molar-refractivity contribution in [2.75, 3.05) is 6.54 Å². The van der Waals surface area contributed by atoms with Crippen LogP contribution >= 0.6 is 0 Å². The zero-order valence-electron chi connectivity index (χ0n) is 10.5. The highest BCUT2D eigenvalue weighted by Gasteiger charge is 2.30. The van der Waals surface area contributed by atoms with Gasteiger partial charge in [0, 0.05) is 6.04 Å². The van der Waals surface area contributed by atoms with E-state index in [1.807, 2.05) is 0 Å². The maximum atomic E-state index is 12.0. The Morgan fingerprint density at radius 2 is 2.12 bits per heavy atom. The van der Waals surface area contributed by atoms with Crippen LogP contribution in [0.4, 0.5) is 0 Å². The van der Waals surface area contributed by atoms with E-state index in [-0.39, 0.29) is 11.9 Å². The van der Waals surface area contributed by atoms with E-state index in [1.165, 1.54) is 12.8 Å². The maximum Gasteiger partial charge on any atom is 0.237 e. The molecule has 16 heavy (non-hydrogen) atoms. The summed E-state index contributed by atoms with van der Waals surface area (Å²) in [6.07, 6.45) is 6.96. The predicted molar refractivity (Wildman–Crippen MR) is 65.2 cm³/mol. The standard InChI is InChI=1S/C13H24N2O/c1-13(2)7-3-5-10(9-13)15-12(16)11-6-4-8-14-11/h10-11,14H,3-9H2,1-2H3,(H,15,16)/t10?,11-/m1/s1. The zero-order valence-corrected chi connectivity index (χ0v) is 10.5. The fourth-order valence-corrected chi connectivity index (χ4v) is 3.03. The second kappa shape index (κ2) is 4.74. The highest BCUT2D eigenvalue weighted by molar-refractivity contribution is 5.82. The zero-order chi connectivity index (χ0) is 11.6. The largest absolute Gasteiger partial charge is 0.352 e. The van der Waals surface area contributed by atoms with Crippen molar-refractivity contribution in [3.05, 3.63) is 0 Å². The Morgan fingerprint density at radius 1 is 1.31 bits per heavy atom. The minimum Gasteiger partial charge on any atom is -0.352 e. The summed E-state index contributed by atoms with van der Waals surface area (Å²) in [5.41, 5.74) is 0.402. The van der Waals surface area contributed by atoms with Gasteiger partial charge in [0.15, 0.2) is 0 Å². The molecule has 92 valence electrons.